The minimum atomic E-state index is -0.959. The van der Waals surface area contributed by atoms with Crippen LogP contribution in [0.2, 0.25) is 0 Å². The second-order valence-electron chi connectivity index (χ2n) is 8.83. The van der Waals surface area contributed by atoms with Crippen LogP contribution in [0.25, 0.3) is 22.2 Å². The van der Waals surface area contributed by atoms with Crippen molar-refractivity contribution in [1.82, 2.24) is 15.0 Å². The van der Waals surface area contributed by atoms with E-state index in [4.69, 9.17) is 4.98 Å². The van der Waals surface area contributed by atoms with E-state index < -0.39 is 5.97 Å². The molecule has 0 atom stereocenters. The topological polar surface area (TPSA) is 96.6 Å². The van der Waals surface area contributed by atoms with Crippen molar-refractivity contribution >= 4 is 28.6 Å². The Morgan fingerprint density at radius 2 is 1.85 bits per heavy atom. The van der Waals surface area contributed by atoms with Crippen molar-refractivity contribution in [1.29, 1.82) is 0 Å². The molecule has 4 aromatic rings. The Morgan fingerprint density at radius 1 is 1.03 bits per heavy atom. The molecule has 1 aliphatic heterocycles. The van der Waals surface area contributed by atoms with Crippen molar-refractivity contribution in [2.45, 2.75) is 31.7 Å². The monoisotopic (exact) mass is 450 g/mol. The highest BCUT2D eigenvalue weighted by Crippen LogP contribution is 2.41. The summed E-state index contributed by atoms with van der Waals surface area (Å²) in [6.07, 6.45) is 2.36. The molecule has 0 bridgehead atoms. The van der Waals surface area contributed by atoms with Crippen LogP contribution in [0.15, 0.2) is 71.8 Å². The predicted molar refractivity (Wildman–Crippen MR) is 129 cm³/mol. The quantitative estimate of drug-likeness (QED) is 0.450. The number of hydrazone groups is 1. The minimum absolute atomic E-state index is 0.123. The fraction of sp³-hybridized carbons (Fsp3) is 0.185. The second kappa shape index (κ2) is 7.95. The maximum Gasteiger partial charge on any atom is 0.337 e. The number of carbonyl (C=O) groups excluding carboxylic acids is 1. The average molecular weight is 450 g/mol. The molecule has 2 aliphatic rings. The molecule has 2 heterocycles. The summed E-state index contributed by atoms with van der Waals surface area (Å²) in [7, 11) is 0. The van der Waals surface area contributed by atoms with E-state index in [0.29, 0.717) is 29.2 Å². The number of carboxylic acid groups (broad SMARTS) is 1. The molecule has 2 N–H and O–H groups in total. The lowest BCUT2D eigenvalue weighted by atomic mass is 9.93. The molecule has 6 rings (SSSR count). The van der Waals surface area contributed by atoms with Crippen LogP contribution >= 0.6 is 0 Å². The van der Waals surface area contributed by atoms with Crippen LogP contribution in [0.5, 0.6) is 0 Å². The zero-order chi connectivity index (χ0) is 23.2. The fourth-order valence-corrected chi connectivity index (χ4v) is 4.69. The van der Waals surface area contributed by atoms with E-state index in [9.17, 15) is 14.7 Å². The predicted octanol–water partition coefficient (Wildman–Crippen LogP) is 4.55. The summed E-state index contributed by atoms with van der Waals surface area (Å²) < 4.78 is 2.05. The lowest BCUT2D eigenvalue weighted by Crippen LogP contribution is -2.10. The van der Waals surface area contributed by atoms with Gasteiger partial charge in [-0.05, 0) is 47.7 Å². The molecule has 1 fully saturated rings. The molecule has 1 aliphatic carbocycles. The largest absolute Gasteiger partial charge is 0.478 e. The van der Waals surface area contributed by atoms with Crippen LogP contribution < -0.4 is 5.43 Å². The Balaban J connectivity index is 1.49. The molecule has 0 saturated heterocycles. The first-order chi connectivity index (χ1) is 16.6. The smallest absolute Gasteiger partial charge is 0.337 e. The summed E-state index contributed by atoms with van der Waals surface area (Å²) in [4.78, 5) is 28.7. The molecule has 3 aromatic carbocycles. The van der Waals surface area contributed by atoms with Crippen LogP contribution in [0.1, 0.15) is 52.5 Å². The molecule has 1 aromatic heterocycles. The molecule has 1 saturated carbocycles. The van der Waals surface area contributed by atoms with Gasteiger partial charge in [0, 0.05) is 18.0 Å². The molecule has 0 unspecified atom stereocenters. The van der Waals surface area contributed by atoms with Gasteiger partial charge in [0.05, 0.1) is 28.7 Å². The van der Waals surface area contributed by atoms with E-state index in [1.807, 2.05) is 36.4 Å². The zero-order valence-corrected chi connectivity index (χ0v) is 18.4. The molecule has 0 spiro atoms. The van der Waals surface area contributed by atoms with Crippen LogP contribution in [-0.2, 0) is 11.3 Å². The summed E-state index contributed by atoms with van der Waals surface area (Å²) in [5.74, 6) is 0.215. The maximum absolute atomic E-state index is 12.0. The highest BCUT2D eigenvalue weighted by Gasteiger charge is 2.31. The zero-order valence-electron chi connectivity index (χ0n) is 18.4. The SMILES string of the molecule is O=C1CC(c2cc(Cn3c(C4CC4)nc4cccc(C(=O)O)c43)ccc2-c2ccccc2)=NN1. The van der Waals surface area contributed by atoms with Gasteiger partial charge in [0.1, 0.15) is 5.82 Å². The minimum Gasteiger partial charge on any atom is -0.478 e. The van der Waals surface area contributed by atoms with Gasteiger partial charge in [-0.25, -0.2) is 15.2 Å². The third-order valence-corrected chi connectivity index (χ3v) is 6.43. The molecule has 168 valence electrons. The number of imidazole rings is 1. The van der Waals surface area contributed by atoms with Gasteiger partial charge in [0.2, 0.25) is 5.91 Å². The van der Waals surface area contributed by atoms with Gasteiger partial charge in [-0.3, -0.25) is 4.79 Å². The number of fused-ring (bicyclic) bond motifs is 1. The molecule has 34 heavy (non-hydrogen) atoms. The first-order valence-electron chi connectivity index (χ1n) is 11.3. The number of benzene rings is 3. The summed E-state index contributed by atoms with van der Waals surface area (Å²) in [6, 6.07) is 21.4. The van der Waals surface area contributed by atoms with E-state index in [1.165, 1.54) is 0 Å². The van der Waals surface area contributed by atoms with E-state index in [2.05, 4.69) is 33.3 Å². The number of nitrogens with one attached hydrogen (secondary N) is 1. The number of para-hydroxylation sites is 1. The summed E-state index contributed by atoms with van der Waals surface area (Å²) >= 11 is 0. The Kier molecular flexibility index (Phi) is 4.76. The van der Waals surface area contributed by atoms with Gasteiger partial charge in [0.15, 0.2) is 0 Å². The number of carbonyl (C=O) groups is 2. The van der Waals surface area contributed by atoms with Gasteiger partial charge in [-0.15, -0.1) is 0 Å². The number of carboxylic acids is 1. The van der Waals surface area contributed by atoms with Crippen LogP contribution in [0.3, 0.4) is 0 Å². The Labute approximate surface area is 195 Å². The number of hydrogen-bond donors (Lipinski definition) is 2. The van der Waals surface area contributed by atoms with Crippen molar-refractivity contribution in [3.05, 3.63) is 89.2 Å². The molecule has 0 radical (unpaired) electrons. The maximum atomic E-state index is 12.0. The number of aromatic nitrogens is 2. The molecule has 7 heteroatoms. The molecule has 7 nitrogen and oxygen atoms in total. The second-order valence-corrected chi connectivity index (χ2v) is 8.83. The Morgan fingerprint density at radius 3 is 2.56 bits per heavy atom. The molecular weight excluding hydrogens is 428 g/mol. The lowest BCUT2D eigenvalue weighted by molar-refractivity contribution is -0.119. The van der Waals surface area contributed by atoms with Crippen molar-refractivity contribution in [3.8, 4) is 11.1 Å². The lowest BCUT2D eigenvalue weighted by Gasteiger charge is -2.14. The first-order valence-corrected chi connectivity index (χ1v) is 11.3. The third kappa shape index (κ3) is 3.55. The highest BCUT2D eigenvalue weighted by atomic mass is 16.4. The standard InChI is InChI=1S/C27H22N4O3/c32-24-14-23(29-30-24)21-13-16(9-12-19(21)17-5-2-1-3-6-17)15-31-25-20(27(33)34)7-4-8-22(25)28-26(31)18-10-11-18/h1-9,12-13,18H,10-11,14-15H2,(H,30,32)(H,33,34). The van der Waals surface area contributed by atoms with Crippen LogP contribution in [0, 0.1) is 0 Å². The Hall–Kier alpha value is -4.26. The van der Waals surface area contributed by atoms with Gasteiger partial charge in [-0.2, -0.15) is 5.10 Å². The average Bonchev–Trinajstić information content (AvgIpc) is 3.51. The van der Waals surface area contributed by atoms with Crippen molar-refractivity contribution in [2.24, 2.45) is 5.10 Å². The van der Waals surface area contributed by atoms with Crippen LogP contribution in [-0.4, -0.2) is 32.2 Å². The van der Waals surface area contributed by atoms with Crippen molar-refractivity contribution in [2.75, 3.05) is 0 Å². The number of amides is 1. The summed E-state index contributed by atoms with van der Waals surface area (Å²) in [6.45, 7) is 0.489. The van der Waals surface area contributed by atoms with Gasteiger partial charge in [0.25, 0.3) is 0 Å². The van der Waals surface area contributed by atoms with Crippen LogP contribution in [0.4, 0.5) is 0 Å². The molecule has 1 amide bonds. The molecular formula is C27H22N4O3. The normalized spacial score (nSPS) is 15.4. The first kappa shape index (κ1) is 20.4. The van der Waals surface area contributed by atoms with Gasteiger partial charge >= 0.3 is 5.97 Å². The number of rotatable bonds is 6. The van der Waals surface area contributed by atoms with Crippen molar-refractivity contribution in [3.63, 3.8) is 0 Å². The third-order valence-electron chi connectivity index (χ3n) is 6.43. The number of hydrogen-bond acceptors (Lipinski definition) is 4. The summed E-state index contributed by atoms with van der Waals surface area (Å²) in [5.41, 5.74) is 8.83. The summed E-state index contributed by atoms with van der Waals surface area (Å²) in [5, 5.41) is 14.1. The van der Waals surface area contributed by atoms with Gasteiger partial charge < -0.3 is 9.67 Å². The van der Waals surface area contributed by atoms with Crippen molar-refractivity contribution < 1.29 is 14.7 Å². The number of aromatic carboxylic acids is 1. The highest BCUT2D eigenvalue weighted by molar-refractivity contribution is 6.16. The van der Waals surface area contributed by atoms with E-state index >= 15 is 0 Å². The Bertz CT molecular complexity index is 1480. The van der Waals surface area contributed by atoms with E-state index in [1.54, 1.807) is 12.1 Å². The fourth-order valence-electron chi connectivity index (χ4n) is 4.69. The van der Waals surface area contributed by atoms with Gasteiger partial charge in [-0.1, -0.05) is 48.5 Å². The number of nitrogens with zero attached hydrogens (tertiary/aromatic N) is 3. The van der Waals surface area contributed by atoms with E-state index in [-0.39, 0.29) is 17.9 Å². The van der Waals surface area contributed by atoms with E-state index in [0.717, 1.165) is 40.9 Å².